The topological polar surface area (TPSA) is 63.7 Å². The highest BCUT2D eigenvalue weighted by Gasteiger charge is 2.39. The number of hydrogen-bond acceptors (Lipinski definition) is 4. The number of rotatable bonds is 2. The number of carbonyl (C=O) groups excluding carboxylic acids is 1. The summed E-state index contributed by atoms with van der Waals surface area (Å²) in [6, 6.07) is 4.54. The lowest BCUT2D eigenvalue weighted by molar-refractivity contribution is 0.0809. The van der Waals surface area contributed by atoms with Crippen LogP contribution in [-0.2, 0) is 10.3 Å². The minimum atomic E-state index is -4.03. The van der Waals surface area contributed by atoms with Gasteiger partial charge in [0.25, 0.3) is 5.91 Å². The number of fused-ring (bicyclic) bond motifs is 1. The largest absolute Gasteiger partial charge is 0.412 e. The maximum absolute atomic E-state index is 12.3. The minimum absolute atomic E-state index is 0.103. The Balaban J connectivity index is 2.58. The van der Waals surface area contributed by atoms with Gasteiger partial charge in [0.05, 0.1) is 5.56 Å². The fourth-order valence-electron chi connectivity index (χ4n) is 2.01. The molecule has 0 aromatic heterocycles. The van der Waals surface area contributed by atoms with E-state index in [0.717, 1.165) is 9.87 Å². The monoisotopic (exact) mass is 283 g/mol. The SMILES string of the molecule is CC(C)c1ccc2c(c1)C(=O)N(C(C)C)S(=O)(=O)O2. The molecule has 0 aliphatic carbocycles. The summed E-state index contributed by atoms with van der Waals surface area (Å²) in [4.78, 5) is 12.3. The second-order valence-corrected chi connectivity index (χ2v) is 6.56. The van der Waals surface area contributed by atoms with Crippen molar-refractivity contribution in [2.24, 2.45) is 0 Å². The van der Waals surface area contributed by atoms with Crippen molar-refractivity contribution in [2.75, 3.05) is 0 Å². The second kappa shape index (κ2) is 4.52. The number of benzene rings is 1. The molecule has 0 radical (unpaired) electrons. The smallest absolute Gasteiger partial charge is 0.366 e. The van der Waals surface area contributed by atoms with Crippen molar-refractivity contribution in [3.05, 3.63) is 29.3 Å². The summed E-state index contributed by atoms with van der Waals surface area (Å²) in [5.74, 6) is -0.172. The Morgan fingerprint density at radius 2 is 1.79 bits per heavy atom. The van der Waals surface area contributed by atoms with E-state index in [4.69, 9.17) is 4.18 Å². The van der Waals surface area contributed by atoms with Crippen LogP contribution in [0.1, 0.15) is 49.5 Å². The van der Waals surface area contributed by atoms with Gasteiger partial charge in [-0.1, -0.05) is 19.9 Å². The zero-order valence-electron chi connectivity index (χ0n) is 11.4. The fourth-order valence-corrected chi connectivity index (χ4v) is 3.28. The third-order valence-corrected chi connectivity index (χ3v) is 4.47. The summed E-state index contributed by atoms with van der Waals surface area (Å²) < 4.78 is 29.5. The van der Waals surface area contributed by atoms with Crippen molar-refractivity contribution < 1.29 is 17.4 Å². The van der Waals surface area contributed by atoms with Crippen molar-refractivity contribution in [3.63, 3.8) is 0 Å². The molecule has 0 unspecified atom stereocenters. The first kappa shape index (κ1) is 13.9. The van der Waals surface area contributed by atoms with E-state index < -0.39 is 22.3 Å². The normalized spacial score (nSPS) is 17.6. The molecule has 0 saturated heterocycles. The van der Waals surface area contributed by atoms with Crippen LogP contribution >= 0.6 is 0 Å². The molecule has 0 saturated carbocycles. The van der Waals surface area contributed by atoms with Gasteiger partial charge in [-0.25, -0.2) is 0 Å². The van der Waals surface area contributed by atoms with Crippen molar-refractivity contribution in [2.45, 2.75) is 39.7 Å². The zero-order chi connectivity index (χ0) is 14.4. The molecule has 6 heteroatoms. The van der Waals surface area contributed by atoms with Crippen LogP contribution in [0.4, 0.5) is 0 Å². The first-order chi connectivity index (χ1) is 8.74. The highest BCUT2D eigenvalue weighted by Crippen LogP contribution is 2.32. The molecule has 1 aromatic rings. The Morgan fingerprint density at radius 3 is 2.32 bits per heavy atom. The van der Waals surface area contributed by atoms with E-state index >= 15 is 0 Å². The van der Waals surface area contributed by atoms with Gasteiger partial charge in [0.15, 0.2) is 5.75 Å². The van der Waals surface area contributed by atoms with Gasteiger partial charge in [0.2, 0.25) is 0 Å². The molecule has 1 aromatic carbocycles. The molecular formula is C13H17NO4S. The summed E-state index contributed by atoms with van der Waals surface area (Å²) in [5, 5.41) is 0. The molecule has 0 fully saturated rings. The molecule has 19 heavy (non-hydrogen) atoms. The average Bonchev–Trinajstić information content (AvgIpc) is 2.26. The molecular weight excluding hydrogens is 266 g/mol. The van der Waals surface area contributed by atoms with E-state index in [0.29, 0.717) is 5.56 Å². The van der Waals surface area contributed by atoms with Crippen molar-refractivity contribution in [1.29, 1.82) is 0 Å². The lowest BCUT2D eigenvalue weighted by atomic mass is 10.00. The van der Waals surface area contributed by atoms with Gasteiger partial charge < -0.3 is 4.18 Å². The van der Waals surface area contributed by atoms with Crippen LogP contribution < -0.4 is 4.18 Å². The highest BCUT2D eigenvalue weighted by molar-refractivity contribution is 7.85. The summed E-state index contributed by atoms with van der Waals surface area (Å²) in [5.41, 5.74) is 1.27. The van der Waals surface area contributed by atoms with Crippen LogP contribution in [-0.4, -0.2) is 24.7 Å². The van der Waals surface area contributed by atoms with Crippen molar-refractivity contribution >= 4 is 16.2 Å². The minimum Gasteiger partial charge on any atom is -0.366 e. The third kappa shape index (κ3) is 2.32. The van der Waals surface area contributed by atoms with Gasteiger partial charge in [-0.2, -0.15) is 12.7 Å². The van der Waals surface area contributed by atoms with Gasteiger partial charge in [0.1, 0.15) is 0 Å². The molecule has 0 atom stereocenters. The summed E-state index contributed by atoms with van der Waals surface area (Å²) >= 11 is 0. The molecule has 0 spiro atoms. The van der Waals surface area contributed by atoms with Crippen molar-refractivity contribution in [1.82, 2.24) is 4.31 Å². The molecule has 1 amide bonds. The maximum Gasteiger partial charge on any atom is 0.412 e. The molecule has 1 heterocycles. The van der Waals surface area contributed by atoms with E-state index in [1.807, 2.05) is 13.8 Å². The van der Waals surface area contributed by atoms with Crippen LogP contribution in [0.15, 0.2) is 18.2 Å². The standard InChI is InChI=1S/C13H17NO4S/c1-8(2)10-5-6-12-11(7-10)13(15)14(9(3)4)19(16,17)18-12/h5-9H,1-4H3. The Bertz CT molecular complexity index is 620. The molecule has 1 aliphatic heterocycles. The quantitative estimate of drug-likeness (QED) is 0.835. The lowest BCUT2D eigenvalue weighted by Gasteiger charge is -2.30. The van der Waals surface area contributed by atoms with Crippen LogP contribution in [0.25, 0.3) is 0 Å². The van der Waals surface area contributed by atoms with Crippen molar-refractivity contribution in [3.8, 4) is 5.75 Å². The fraction of sp³-hybridized carbons (Fsp3) is 0.462. The number of carbonyl (C=O) groups is 1. The van der Waals surface area contributed by atoms with E-state index in [1.165, 1.54) is 6.07 Å². The van der Waals surface area contributed by atoms with Crippen LogP contribution in [0.3, 0.4) is 0 Å². The second-order valence-electron chi connectivity index (χ2n) is 5.15. The average molecular weight is 283 g/mol. The first-order valence-electron chi connectivity index (χ1n) is 6.16. The van der Waals surface area contributed by atoms with Gasteiger partial charge in [-0.05, 0) is 37.5 Å². The predicted octanol–water partition coefficient (Wildman–Crippen LogP) is 2.30. The summed E-state index contributed by atoms with van der Waals surface area (Å²) in [6.45, 7) is 7.28. The molecule has 0 bridgehead atoms. The lowest BCUT2D eigenvalue weighted by Crippen LogP contribution is -2.47. The van der Waals surface area contributed by atoms with Gasteiger partial charge >= 0.3 is 10.3 Å². The van der Waals surface area contributed by atoms with E-state index in [2.05, 4.69) is 0 Å². The molecule has 1 aliphatic rings. The number of hydrogen-bond donors (Lipinski definition) is 0. The Hall–Kier alpha value is -1.56. The zero-order valence-corrected chi connectivity index (χ0v) is 12.2. The Labute approximate surface area is 113 Å². The highest BCUT2D eigenvalue weighted by atomic mass is 32.2. The molecule has 104 valence electrons. The van der Waals surface area contributed by atoms with Crippen LogP contribution in [0, 0.1) is 0 Å². The van der Waals surface area contributed by atoms with Crippen LogP contribution in [0.5, 0.6) is 5.75 Å². The molecule has 5 nitrogen and oxygen atoms in total. The van der Waals surface area contributed by atoms with E-state index in [-0.39, 0.29) is 11.7 Å². The summed E-state index contributed by atoms with van der Waals surface area (Å²) in [6.07, 6.45) is 0. The Morgan fingerprint density at radius 1 is 1.16 bits per heavy atom. The third-order valence-electron chi connectivity index (χ3n) is 3.01. The molecule has 2 rings (SSSR count). The van der Waals surface area contributed by atoms with Gasteiger partial charge in [0, 0.05) is 6.04 Å². The van der Waals surface area contributed by atoms with E-state index in [9.17, 15) is 13.2 Å². The Kier molecular flexibility index (Phi) is 3.30. The van der Waals surface area contributed by atoms with Gasteiger partial charge in [-0.15, -0.1) is 0 Å². The van der Waals surface area contributed by atoms with Gasteiger partial charge in [-0.3, -0.25) is 4.79 Å². The summed E-state index contributed by atoms with van der Waals surface area (Å²) in [7, 11) is -4.03. The molecule has 0 N–H and O–H groups in total. The van der Waals surface area contributed by atoms with Crippen LogP contribution in [0.2, 0.25) is 0 Å². The van der Waals surface area contributed by atoms with E-state index in [1.54, 1.807) is 26.0 Å². The number of nitrogens with zero attached hydrogens (tertiary/aromatic N) is 1. The predicted molar refractivity (Wildman–Crippen MR) is 71.4 cm³/mol. The first-order valence-corrected chi connectivity index (χ1v) is 7.52. The number of amides is 1. The maximum atomic E-state index is 12.3.